The summed E-state index contributed by atoms with van der Waals surface area (Å²) in [6, 6.07) is 58.6. The number of benzene rings is 9. The molecule has 0 N–H and O–H groups in total. The van der Waals surface area contributed by atoms with E-state index in [9.17, 15) is 0 Å². The highest BCUT2D eigenvalue weighted by molar-refractivity contribution is 7.99. The Hall–Kier alpha value is -5.37. The summed E-state index contributed by atoms with van der Waals surface area (Å²) >= 11 is 1.89. The predicted molar refractivity (Wildman–Crippen MR) is 194 cm³/mol. The molecule has 0 radical (unpaired) electrons. The summed E-state index contributed by atoms with van der Waals surface area (Å²) in [4.78, 5) is 2.66. The van der Waals surface area contributed by atoms with Gasteiger partial charge in [0.1, 0.15) is 0 Å². The maximum atomic E-state index is 2.42. The molecule has 1 aliphatic rings. The zero-order valence-electron chi connectivity index (χ0n) is 24.4. The highest BCUT2D eigenvalue weighted by atomic mass is 32.2. The minimum atomic E-state index is 1.25. The van der Waals surface area contributed by atoms with Gasteiger partial charge in [-0.25, -0.2) is 0 Å². The van der Waals surface area contributed by atoms with E-state index in [1.807, 2.05) is 11.8 Å². The lowest BCUT2D eigenvalue weighted by Crippen LogP contribution is -1.94. The average Bonchev–Trinajstić information content (AvgIpc) is 3.10. The van der Waals surface area contributed by atoms with Crippen molar-refractivity contribution in [2.45, 2.75) is 9.79 Å². The van der Waals surface area contributed by atoms with Crippen LogP contribution in [0.2, 0.25) is 0 Å². The monoisotopic (exact) mass is 586 g/mol. The summed E-state index contributed by atoms with van der Waals surface area (Å²) in [6.45, 7) is 0. The molecule has 1 heteroatoms. The van der Waals surface area contributed by atoms with Crippen molar-refractivity contribution >= 4 is 65.6 Å². The Morgan fingerprint density at radius 3 is 1.84 bits per heavy atom. The fourth-order valence-electron chi connectivity index (χ4n) is 7.63. The van der Waals surface area contributed by atoms with Gasteiger partial charge in [-0.1, -0.05) is 145 Å². The van der Waals surface area contributed by atoms with Gasteiger partial charge >= 0.3 is 0 Å². The molecule has 0 aliphatic carbocycles. The molecule has 0 saturated carbocycles. The normalized spacial score (nSPS) is 12.4. The number of fused-ring (bicyclic) bond motifs is 7. The zero-order chi connectivity index (χ0) is 29.5. The highest BCUT2D eigenvalue weighted by Crippen LogP contribution is 2.50. The lowest BCUT2D eigenvalue weighted by molar-refractivity contribution is 1.40. The quantitative estimate of drug-likeness (QED) is 0.143. The van der Waals surface area contributed by atoms with Crippen molar-refractivity contribution in [1.29, 1.82) is 0 Å². The van der Waals surface area contributed by atoms with E-state index in [2.05, 4.69) is 158 Å². The van der Waals surface area contributed by atoms with Gasteiger partial charge in [0.05, 0.1) is 0 Å². The van der Waals surface area contributed by atoms with Gasteiger partial charge in [-0.05, 0) is 106 Å². The fourth-order valence-corrected chi connectivity index (χ4v) is 8.76. The molecule has 0 fully saturated rings. The molecule has 0 atom stereocenters. The Kier molecular flexibility index (Phi) is 5.31. The number of hydrogen-bond acceptors (Lipinski definition) is 1. The summed E-state index contributed by atoms with van der Waals surface area (Å²) in [5, 5.41) is 12.9. The fraction of sp³-hybridized carbons (Fsp3) is 0. The van der Waals surface area contributed by atoms with Crippen LogP contribution >= 0.6 is 11.8 Å². The van der Waals surface area contributed by atoms with E-state index in [1.54, 1.807) is 0 Å². The molecule has 1 aliphatic heterocycles. The maximum Gasteiger partial charge on any atom is 0.0207 e. The van der Waals surface area contributed by atoms with Crippen LogP contribution in [0.4, 0.5) is 0 Å². The molecule has 0 nitrogen and oxygen atoms in total. The summed E-state index contributed by atoms with van der Waals surface area (Å²) in [5.74, 6) is 0. The molecule has 0 aromatic heterocycles. The van der Waals surface area contributed by atoms with Crippen LogP contribution in [0, 0.1) is 0 Å². The number of rotatable bonds is 2. The van der Waals surface area contributed by atoms with Gasteiger partial charge in [0.2, 0.25) is 0 Å². The van der Waals surface area contributed by atoms with E-state index in [4.69, 9.17) is 0 Å². The van der Waals surface area contributed by atoms with Crippen LogP contribution in [0.25, 0.3) is 87.2 Å². The first-order valence-corrected chi connectivity index (χ1v) is 16.3. The van der Waals surface area contributed by atoms with Gasteiger partial charge in [-0.15, -0.1) is 0 Å². The standard InChI is InChI=1S/C44H26S/c1-3-15-32-27(9-1)11-5-18-35(32)44-34-16-4-2-10-30(34)26-39-37(44)23-21-29-13-6-17-33(42(29)39)31-22-24-40-38(25-31)36-19-7-12-28-14-8-20-41(45-40)43(28)36/h1-26H. The largest absolute Gasteiger partial charge is 0.0888 e. The smallest absolute Gasteiger partial charge is 0.0207 e. The van der Waals surface area contributed by atoms with Crippen LogP contribution in [0.5, 0.6) is 0 Å². The highest BCUT2D eigenvalue weighted by Gasteiger charge is 2.21. The SMILES string of the molecule is c1ccc2c(-c3c4ccccc4cc4c3ccc3cccc(-c5ccc6c(c5)-c5cccc7cccc(c57)S6)c34)cccc2c1. The van der Waals surface area contributed by atoms with Gasteiger partial charge in [0.25, 0.3) is 0 Å². The lowest BCUT2D eigenvalue weighted by Gasteiger charge is -2.21. The van der Waals surface area contributed by atoms with Gasteiger partial charge in [-0.3, -0.25) is 0 Å². The van der Waals surface area contributed by atoms with Crippen LogP contribution in [-0.4, -0.2) is 0 Å². The Morgan fingerprint density at radius 1 is 0.311 bits per heavy atom. The van der Waals surface area contributed by atoms with E-state index >= 15 is 0 Å². The summed E-state index contributed by atoms with van der Waals surface area (Å²) in [6.07, 6.45) is 0. The molecule has 0 spiro atoms. The Labute approximate surface area is 265 Å². The maximum absolute atomic E-state index is 2.42. The van der Waals surface area contributed by atoms with E-state index in [0.29, 0.717) is 0 Å². The van der Waals surface area contributed by atoms with E-state index in [-0.39, 0.29) is 0 Å². The molecule has 0 saturated heterocycles. The summed E-state index contributed by atoms with van der Waals surface area (Å²) < 4.78 is 0. The van der Waals surface area contributed by atoms with Crippen molar-refractivity contribution in [2.24, 2.45) is 0 Å². The molecule has 208 valence electrons. The molecule has 0 unspecified atom stereocenters. The van der Waals surface area contributed by atoms with Gasteiger partial charge in [0, 0.05) is 15.2 Å². The zero-order valence-corrected chi connectivity index (χ0v) is 25.2. The minimum Gasteiger partial charge on any atom is -0.0888 e. The second kappa shape index (κ2) is 9.56. The molecule has 0 amide bonds. The van der Waals surface area contributed by atoms with E-state index in [1.165, 1.54) is 97.0 Å². The van der Waals surface area contributed by atoms with Crippen molar-refractivity contribution in [3.05, 3.63) is 158 Å². The first-order valence-electron chi connectivity index (χ1n) is 15.5. The Balaban J connectivity index is 1.29. The molecule has 9 aromatic carbocycles. The molecule has 0 bridgehead atoms. The second-order valence-corrected chi connectivity index (χ2v) is 13.1. The van der Waals surface area contributed by atoms with Crippen LogP contribution in [0.1, 0.15) is 0 Å². The van der Waals surface area contributed by atoms with Crippen LogP contribution < -0.4 is 0 Å². The molecule has 45 heavy (non-hydrogen) atoms. The van der Waals surface area contributed by atoms with Crippen molar-refractivity contribution in [2.75, 3.05) is 0 Å². The molecular formula is C44H26S. The lowest BCUT2D eigenvalue weighted by atomic mass is 9.86. The Bertz CT molecular complexity index is 2670. The van der Waals surface area contributed by atoms with Crippen LogP contribution in [0.15, 0.2) is 168 Å². The van der Waals surface area contributed by atoms with Crippen molar-refractivity contribution in [1.82, 2.24) is 0 Å². The van der Waals surface area contributed by atoms with Crippen LogP contribution in [0.3, 0.4) is 0 Å². The average molecular weight is 587 g/mol. The number of hydrogen-bond donors (Lipinski definition) is 0. The van der Waals surface area contributed by atoms with E-state index in [0.717, 1.165) is 0 Å². The van der Waals surface area contributed by atoms with Crippen molar-refractivity contribution in [3.63, 3.8) is 0 Å². The van der Waals surface area contributed by atoms with Crippen molar-refractivity contribution < 1.29 is 0 Å². The van der Waals surface area contributed by atoms with Gasteiger partial charge in [-0.2, -0.15) is 0 Å². The summed E-state index contributed by atoms with van der Waals surface area (Å²) in [5.41, 5.74) is 7.76. The Morgan fingerprint density at radius 2 is 0.978 bits per heavy atom. The second-order valence-electron chi connectivity index (χ2n) is 12.0. The van der Waals surface area contributed by atoms with Gasteiger partial charge in [0.15, 0.2) is 0 Å². The third kappa shape index (κ3) is 3.68. The van der Waals surface area contributed by atoms with Crippen molar-refractivity contribution in [3.8, 4) is 33.4 Å². The predicted octanol–water partition coefficient (Wildman–Crippen LogP) is 12.9. The first-order chi connectivity index (χ1) is 22.3. The minimum absolute atomic E-state index is 1.25. The molecule has 10 rings (SSSR count). The third-order valence-electron chi connectivity index (χ3n) is 9.61. The van der Waals surface area contributed by atoms with Crippen LogP contribution in [-0.2, 0) is 0 Å². The van der Waals surface area contributed by atoms with E-state index < -0.39 is 0 Å². The third-order valence-corrected chi connectivity index (χ3v) is 10.7. The molecular weight excluding hydrogens is 561 g/mol. The molecule has 9 aromatic rings. The first kappa shape index (κ1) is 25.0. The summed E-state index contributed by atoms with van der Waals surface area (Å²) in [7, 11) is 0. The van der Waals surface area contributed by atoms with Gasteiger partial charge < -0.3 is 0 Å². The topological polar surface area (TPSA) is 0 Å². The molecule has 1 heterocycles.